The third kappa shape index (κ3) is 2.67. The summed E-state index contributed by atoms with van der Waals surface area (Å²) in [5.74, 6) is 0.133. The smallest absolute Gasteiger partial charge is 0.260 e. The number of carbonyl (C=O) groups excluding carboxylic acids is 1. The number of rotatable bonds is 3. The van der Waals surface area contributed by atoms with Gasteiger partial charge in [-0.1, -0.05) is 0 Å². The molecule has 0 radical (unpaired) electrons. The largest absolute Gasteiger partial charge is 0.473 e. The van der Waals surface area contributed by atoms with Crippen LogP contribution in [-0.2, 0) is 9.53 Å². The molecule has 3 fully saturated rings. The maximum atomic E-state index is 14.2. The van der Waals surface area contributed by atoms with E-state index in [1.807, 2.05) is 0 Å². The number of nitrogens with zero attached hydrogens (tertiary/aromatic N) is 3. The topological polar surface area (TPSA) is 64.6 Å². The van der Waals surface area contributed by atoms with Crippen LogP contribution in [0.2, 0.25) is 0 Å². The van der Waals surface area contributed by atoms with E-state index in [4.69, 9.17) is 9.47 Å². The van der Waals surface area contributed by atoms with Gasteiger partial charge in [-0.05, 0) is 19.3 Å². The summed E-state index contributed by atoms with van der Waals surface area (Å²) in [6.07, 6.45) is 7.73. The molecule has 3 aliphatic rings. The van der Waals surface area contributed by atoms with Crippen molar-refractivity contribution in [2.75, 3.05) is 19.7 Å². The van der Waals surface area contributed by atoms with Gasteiger partial charge in [-0.15, -0.1) is 0 Å². The molecule has 1 atom stereocenters. The second kappa shape index (κ2) is 5.40. The molecule has 0 unspecified atom stereocenters. The fourth-order valence-electron chi connectivity index (χ4n) is 3.60. The monoisotopic (exact) mass is 321 g/mol. The average molecular weight is 321 g/mol. The van der Waals surface area contributed by atoms with E-state index < -0.39 is 5.67 Å². The molecular formula is C16H20FN3O3. The number of alkyl halides is 1. The first-order valence-corrected chi connectivity index (χ1v) is 8.14. The van der Waals surface area contributed by atoms with Crippen LogP contribution in [0.15, 0.2) is 18.6 Å². The normalized spacial score (nSPS) is 27.9. The maximum Gasteiger partial charge on any atom is 0.260 e. The summed E-state index contributed by atoms with van der Waals surface area (Å²) in [6, 6.07) is 0. The van der Waals surface area contributed by atoms with Crippen molar-refractivity contribution in [3.05, 3.63) is 18.6 Å². The van der Waals surface area contributed by atoms with E-state index in [1.165, 1.54) is 0 Å². The number of aromatic nitrogens is 2. The van der Waals surface area contributed by atoms with Gasteiger partial charge < -0.3 is 14.4 Å². The molecule has 0 bridgehead atoms. The molecule has 3 heterocycles. The molecule has 0 N–H and O–H groups in total. The Balaban J connectivity index is 1.34. The summed E-state index contributed by atoms with van der Waals surface area (Å²) in [4.78, 5) is 21.9. The van der Waals surface area contributed by atoms with Crippen LogP contribution in [0.3, 0.4) is 0 Å². The maximum absolute atomic E-state index is 14.2. The number of amides is 1. The molecule has 6 nitrogen and oxygen atoms in total. The molecule has 124 valence electrons. The van der Waals surface area contributed by atoms with Crippen molar-refractivity contribution in [3.63, 3.8) is 0 Å². The molecule has 2 aliphatic heterocycles. The second-order valence-corrected chi connectivity index (χ2v) is 6.79. The zero-order valence-electron chi connectivity index (χ0n) is 12.9. The van der Waals surface area contributed by atoms with E-state index in [9.17, 15) is 9.18 Å². The third-order valence-corrected chi connectivity index (χ3v) is 5.05. The van der Waals surface area contributed by atoms with Crippen molar-refractivity contribution in [2.24, 2.45) is 0 Å². The number of hydrogen-bond acceptors (Lipinski definition) is 5. The fourth-order valence-corrected chi connectivity index (χ4v) is 3.60. The van der Waals surface area contributed by atoms with Gasteiger partial charge in [0.15, 0.2) is 5.67 Å². The summed E-state index contributed by atoms with van der Waals surface area (Å²) < 4.78 is 26.0. The van der Waals surface area contributed by atoms with Crippen LogP contribution in [0.4, 0.5) is 4.39 Å². The lowest BCUT2D eigenvalue weighted by Gasteiger charge is -2.54. The first kappa shape index (κ1) is 14.8. The lowest BCUT2D eigenvalue weighted by molar-refractivity contribution is -0.202. The Morgan fingerprint density at radius 2 is 2.22 bits per heavy atom. The lowest BCUT2D eigenvalue weighted by atomic mass is 9.78. The molecule has 1 saturated carbocycles. The van der Waals surface area contributed by atoms with Crippen LogP contribution in [0, 0.1) is 0 Å². The van der Waals surface area contributed by atoms with Crippen LogP contribution in [0.25, 0.3) is 0 Å². The Morgan fingerprint density at radius 1 is 1.39 bits per heavy atom. The molecule has 1 aromatic heterocycles. The predicted molar refractivity (Wildman–Crippen MR) is 78.6 cm³/mol. The van der Waals surface area contributed by atoms with Crippen molar-refractivity contribution in [1.29, 1.82) is 0 Å². The standard InChI is InChI=1S/C16H20FN3O3/c17-16(3-1-4-16)14(21)20-10-15(11-20)8-12(2-7-22-15)23-13-9-18-5-6-19-13/h5-6,9,12H,1-4,7-8,10-11H2/t12-/m0/s1. The Kier molecular flexibility index (Phi) is 3.48. The molecule has 1 spiro atoms. The molecule has 4 rings (SSSR count). The summed E-state index contributed by atoms with van der Waals surface area (Å²) in [5, 5.41) is 0. The minimum atomic E-state index is -1.62. The molecule has 23 heavy (non-hydrogen) atoms. The quantitative estimate of drug-likeness (QED) is 0.844. The van der Waals surface area contributed by atoms with Crippen LogP contribution >= 0.6 is 0 Å². The van der Waals surface area contributed by atoms with Gasteiger partial charge in [-0.3, -0.25) is 9.78 Å². The SMILES string of the molecule is O=C(N1CC2(C[C@@H](Oc3cnccn3)CCO2)C1)C1(F)CCC1. The Hall–Kier alpha value is -1.76. The Bertz CT molecular complexity index is 587. The molecular weight excluding hydrogens is 301 g/mol. The zero-order valence-corrected chi connectivity index (χ0v) is 12.9. The fraction of sp³-hybridized carbons (Fsp3) is 0.688. The number of ether oxygens (including phenoxy) is 2. The van der Waals surface area contributed by atoms with Gasteiger partial charge >= 0.3 is 0 Å². The highest BCUT2D eigenvalue weighted by molar-refractivity contribution is 5.87. The summed E-state index contributed by atoms with van der Waals surface area (Å²) >= 11 is 0. The summed E-state index contributed by atoms with van der Waals surface area (Å²) in [6.45, 7) is 1.49. The first-order valence-electron chi connectivity index (χ1n) is 8.14. The first-order chi connectivity index (χ1) is 11.1. The number of halogens is 1. The van der Waals surface area contributed by atoms with Gasteiger partial charge in [0.2, 0.25) is 5.88 Å². The highest BCUT2D eigenvalue weighted by Crippen LogP contribution is 2.42. The summed E-state index contributed by atoms with van der Waals surface area (Å²) in [7, 11) is 0. The van der Waals surface area contributed by atoms with Gasteiger partial charge in [0, 0.05) is 25.2 Å². The Morgan fingerprint density at radius 3 is 2.87 bits per heavy atom. The van der Waals surface area contributed by atoms with Crippen molar-refractivity contribution >= 4 is 5.91 Å². The van der Waals surface area contributed by atoms with E-state index in [-0.39, 0.29) is 17.6 Å². The van der Waals surface area contributed by atoms with Gasteiger partial charge in [-0.25, -0.2) is 9.37 Å². The van der Waals surface area contributed by atoms with Crippen molar-refractivity contribution in [1.82, 2.24) is 14.9 Å². The second-order valence-electron chi connectivity index (χ2n) is 6.79. The van der Waals surface area contributed by atoms with E-state index >= 15 is 0 Å². The van der Waals surface area contributed by atoms with E-state index in [0.717, 1.165) is 12.8 Å². The van der Waals surface area contributed by atoms with Crippen LogP contribution < -0.4 is 4.74 Å². The van der Waals surface area contributed by atoms with E-state index in [1.54, 1.807) is 23.5 Å². The highest BCUT2D eigenvalue weighted by Gasteiger charge is 2.55. The number of likely N-dealkylation sites (tertiary alicyclic amines) is 1. The van der Waals surface area contributed by atoms with Crippen LogP contribution in [-0.4, -0.2) is 57.8 Å². The molecule has 1 aliphatic carbocycles. The van der Waals surface area contributed by atoms with Crippen molar-refractivity contribution in [2.45, 2.75) is 49.5 Å². The third-order valence-electron chi connectivity index (χ3n) is 5.05. The molecule has 0 aromatic carbocycles. The highest BCUT2D eigenvalue weighted by atomic mass is 19.1. The van der Waals surface area contributed by atoms with Gasteiger partial charge in [0.05, 0.1) is 25.9 Å². The van der Waals surface area contributed by atoms with Crippen molar-refractivity contribution < 1.29 is 18.7 Å². The van der Waals surface area contributed by atoms with E-state index in [2.05, 4.69) is 9.97 Å². The molecule has 2 saturated heterocycles. The van der Waals surface area contributed by atoms with Gasteiger partial charge in [0.1, 0.15) is 11.7 Å². The predicted octanol–water partition coefficient (Wildman–Crippen LogP) is 1.51. The van der Waals surface area contributed by atoms with Gasteiger partial charge in [-0.2, -0.15) is 0 Å². The number of carbonyl (C=O) groups is 1. The minimum absolute atomic E-state index is 0.0132. The summed E-state index contributed by atoms with van der Waals surface area (Å²) in [5.41, 5.74) is -2.01. The van der Waals surface area contributed by atoms with Crippen LogP contribution in [0.1, 0.15) is 32.1 Å². The zero-order chi connectivity index (χ0) is 15.9. The van der Waals surface area contributed by atoms with Gasteiger partial charge in [0.25, 0.3) is 5.91 Å². The number of hydrogen-bond donors (Lipinski definition) is 0. The van der Waals surface area contributed by atoms with Crippen LogP contribution in [0.5, 0.6) is 5.88 Å². The Labute approximate surface area is 134 Å². The van der Waals surface area contributed by atoms with Crippen molar-refractivity contribution in [3.8, 4) is 5.88 Å². The molecule has 1 amide bonds. The lowest BCUT2D eigenvalue weighted by Crippen LogP contribution is -2.70. The minimum Gasteiger partial charge on any atom is -0.473 e. The molecule has 7 heteroatoms. The van der Waals surface area contributed by atoms with E-state index in [0.29, 0.717) is 44.8 Å². The average Bonchev–Trinajstić information content (AvgIpc) is 2.51. The molecule has 1 aromatic rings.